The summed E-state index contributed by atoms with van der Waals surface area (Å²) < 4.78 is 5.99. The quantitative estimate of drug-likeness (QED) is 0.172. The van der Waals surface area contributed by atoms with Gasteiger partial charge in [-0.05, 0) is 41.7 Å². The molecule has 4 rings (SSSR count). The van der Waals surface area contributed by atoms with Crippen molar-refractivity contribution in [2.75, 3.05) is 0 Å². The zero-order valence-electron chi connectivity index (χ0n) is 22.0. The van der Waals surface area contributed by atoms with Crippen LogP contribution in [0.15, 0.2) is 91.0 Å². The van der Waals surface area contributed by atoms with Gasteiger partial charge in [0.15, 0.2) is 19.6 Å². The van der Waals surface area contributed by atoms with E-state index in [1.165, 1.54) is 0 Å². The SMILES string of the molecule is C[C@@H](O[Si](C)(C)C(C)(C)C)[C@H]1C(=O)[NH+]([O-])[C@@H]1SC(c1ccccc1)(c1ccccc1)c1ccccc1. The fourth-order valence-corrected chi connectivity index (χ4v) is 8.06. The number of carbonyl (C=O) groups is 1. The van der Waals surface area contributed by atoms with Crippen molar-refractivity contribution in [2.45, 2.75) is 62.1 Å². The maximum atomic E-state index is 13.2. The van der Waals surface area contributed by atoms with E-state index >= 15 is 0 Å². The lowest BCUT2D eigenvalue weighted by Crippen LogP contribution is -3.23. The Hall–Kier alpha value is -2.22. The summed E-state index contributed by atoms with van der Waals surface area (Å²) in [5.74, 6) is -0.770. The van der Waals surface area contributed by atoms with Crippen molar-refractivity contribution in [1.29, 1.82) is 0 Å². The summed E-state index contributed by atoms with van der Waals surface area (Å²) in [4.78, 5) is 13.0. The standard InChI is InChI=1S/C30H37NO3SSi/c1-22(34-36(5,6)29(2,3)4)26-27(32)31(33)28(26)35-30(23-16-10-7-11-17-23,24-18-12-8-13-19-24)25-20-14-9-15-21-25/h7-22,26,28,31H,1-6H3/t22-,26+,28-/m1/s1. The van der Waals surface area contributed by atoms with Crippen LogP contribution in [0.4, 0.5) is 0 Å². The lowest BCUT2D eigenvalue weighted by Gasteiger charge is -2.51. The smallest absolute Gasteiger partial charge is 0.325 e. The average molecular weight is 520 g/mol. The molecule has 3 aromatic rings. The summed E-state index contributed by atoms with van der Waals surface area (Å²) >= 11 is 1.59. The molecule has 0 radical (unpaired) electrons. The van der Waals surface area contributed by atoms with Crippen molar-refractivity contribution in [3.63, 3.8) is 0 Å². The van der Waals surface area contributed by atoms with Crippen molar-refractivity contribution in [3.05, 3.63) is 113 Å². The molecule has 1 amide bonds. The van der Waals surface area contributed by atoms with Gasteiger partial charge in [-0.3, -0.25) is 5.06 Å². The Labute approximate surface area is 220 Å². The number of β-lactam (4-membered cyclic amide) rings is 1. The summed E-state index contributed by atoms with van der Waals surface area (Å²) in [6.45, 7) is 12.9. The third-order valence-corrected chi connectivity index (χ3v) is 14.2. The highest BCUT2D eigenvalue weighted by molar-refractivity contribution is 8.01. The second-order valence-electron chi connectivity index (χ2n) is 11.2. The molecule has 3 aromatic carbocycles. The van der Waals surface area contributed by atoms with Crippen molar-refractivity contribution in [1.82, 2.24) is 0 Å². The molecule has 0 spiro atoms. The first-order valence-corrected chi connectivity index (χ1v) is 16.4. The summed E-state index contributed by atoms with van der Waals surface area (Å²) in [7, 11) is -2.12. The van der Waals surface area contributed by atoms with Crippen LogP contribution in [-0.4, -0.2) is 25.7 Å². The van der Waals surface area contributed by atoms with E-state index in [1.807, 2.05) is 61.5 Å². The monoisotopic (exact) mass is 519 g/mol. The number of hydrogen-bond acceptors (Lipinski definition) is 4. The van der Waals surface area contributed by atoms with E-state index in [0.717, 1.165) is 16.7 Å². The minimum Gasteiger partial charge on any atom is -0.626 e. The number of rotatable bonds is 8. The molecular formula is C30H37NO3SSi. The van der Waals surface area contributed by atoms with Gasteiger partial charge in [0.2, 0.25) is 0 Å². The first-order valence-electron chi connectivity index (χ1n) is 12.6. The first-order chi connectivity index (χ1) is 17.0. The molecule has 0 bridgehead atoms. The maximum Gasteiger partial charge on any atom is 0.325 e. The van der Waals surface area contributed by atoms with Crippen LogP contribution in [0.25, 0.3) is 0 Å². The summed E-state index contributed by atoms with van der Waals surface area (Å²) in [6.07, 6.45) is -0.325. The third-order valence-electron chi connectivity index (χ3n) is 7.77. The molecule has 4 nitrogen and oxygen atoms in total. The van der Waals surface area contributed by atoms with Crippen LogP contribution >= 0.6 is 11.8 Å². The molecule has 0 saturated carbocycles. The Kier molecular flexibility index (Phi) is 7.65. The number of carbonyl (C=O) groups excluding carboxylic acids is 1. The lowest BCUT2D eigenvalue weighted by molar-refractivity contribution is -0.819. The van der Waals surface area contributed by atoms with Crippen LogP contribution in [0.2, 0.25) is 18.1 Å². The average Bonchev–Trinajstić information content (AvgIpc) is 2.86. The van der Waals surface area contributed by atoms with Gasteiger partial charge >= 0.3 is 5.91 Å². The zero-order valence-corrected chi connectivity index (χ0v) is 23.8. The molecule has 1 fully saturated rings. The van der Waals surface area contributed by atoms with E-state index in [-0.39, 0.29) is 22.1 Å². The second kappa shape index (κ2) is 10.3. The van der Waals surface area contributed by atoms with Gasteiger partial charge in [0.1, 0.15) is 0 Å². The molecule has 1 N–H and O–H groups in total. The zero-order chi connectivity index (χ0) is 26.1. The Morgan fingerprint density at radius 3 is 1.58 bits per heavy atom. The number of thioether (sulfide) groups is 1. The van der Waals surface area contributed by atoms with Gasteiger partial charge in [0.25, 0.3) is 0 Å². The number of hydroxylamine groups is 2. The van der Waals surface area contributed by atoms with Crippen LogP contribution in [0.3, 0.4) is 0 Å². The molecule has 1 unspecified atom stereocenters. The third kappa shape index (κ3) is 4.85. The van der Waals surface area contributed by atoms with Crippen molar-refractivity contribution in [2.24, 2.45) is 5.92 Å². The van der Waals surface area contributed by atoms with Crippen LogP contribution < -0.4 is 5.06 Å². The molecule has 1 saturated heterocycles. The second-order valence-corrected chi connectivity index (χ2v) is 17.3. The van der Waals surface area contributed by atoms with Crippen LogP contribution in [-0.2, 0) is 14.0 Å². The van der Waals surface area contributed by atoms with Gasteiger partial charge in [-0.25, -0.2) is 4.79 Å². The van der Waals surface area contributed by atoms with Gasteiger partial charge in [-0.1, -0.05) is 124 Å². The van der Waals surface area contributed by atoms with Gasteiger partial charge in [-0.2, -0.15) is 0 Å². The maximum absolute atomic E-state index is 13.2. The fraction of sp³-hybridized carbons (Fsp3) is 0.367. The number of amides is 1. The van der Waals surface area contributed by atoms with Crippen LogP contribution in [0.5, 0.6) is 0 Å². The van der Waals surface area contributed by atoms with Gasteiger partial charge in [-0.15, -0.1) is 0 Å². The molecule has 36 heavy (non-hydrogen) atoms. The van der Waals surface area contributed by atoms with E-state index in [9.17, 15) is 10.0 Å². The highest BCUT2D eigenvalue weighted by atomic mass is 32.2. The molecule has 1 aliphatic heterocycles. The highest BCUT2D eigenvalue weighted by Crippen LogP contribution is 2.52. The molecule has 1 heterocycles. The number of benzene rings is 3. The molecule has 0 aliphatic carbocycles. The number of quaternary nitrogens is 1. The van der Waals surface area contributed by atoms with E-state index in [1.54, 1.807) is 11.8 Å². The Morgan fingerprint density at radius 2 is 1.22 bits per heavy atom. The molecular weight excluding hydrogens is 482 g/mol. The number of nitrogens with one attached hydrogen (secondary N) is 1. The Balaban J connectivity index is 1.80. The molecule has 190 valence electrons. The summed E-state index contributed by atoms with van der Waals surface area (Å²) in [5, 5.41) is 12.4. The van der Waals surface area contributed by atoms with Crippen molar-refractivity contribution in [3.8, 4) is 0 Å². The molecule has 0 aromatic heterocycles. The summed E-state index contributed by atoms with van der Waals surface area (Å²) in [5.41, 5.74) is 3.24. The lowest BCUT2D eigenvalue weighted by atomic mass is 9.84. The largest absolute Gasteiger partial charge is 0.626 e. The Bertz CT molecular complexity index is 1070. The number of hydrogen-bond donors (Lipinski definition) is 1. The van der Waals surface area contributed by atoms with Gasteiger partial charge < -0.3 is 9.63 Å². The minimum absolute atomic E-state index is 0.0164. The topological polar surface area (TPSA) is 53.8 Å². The van der Waals surface area contributed by atoms with Crippen molar-refractivity contribution < 1.29 is 14.3 Å². The van der Waals surface area contributed by atoms with E-state index < -0.39 is 24.4 Å². The Morgan fingerprint density at radius 1 is 0.833 bits per heavy atom. The van der Waals surface area contributed by atoms with Gasteiger partial charge in [0, 0.05) is 0 Å². The van der Waals surface area contributed by atoms with E-state index in [0.29, 0.717) is 0 Å². The van der Waals surface area contributed by atoms with Crippen LogP contribution in [0.1, 0.15) is 44.4 Å². The van der Waals surface area contributed by atoms with Crippen molar-refractivity contribution >= 4 is 26.0 Å². The predicted molar refractivity (Wildman–Crippen MR) is 151 cm³/mol. The molecule has 4 atom stereocenters. The molecule has 6 heteroatoms. The normalized spacial score (nSPS) is 21.6. The fourth-order valence-electron chi connectivity index (χ4n) is 4.72. The van der Waals surface area contributed by atoms with Crippen LogP contribution in [0, 0.1) is 11.1 Å². The first kappa shape index (κ1) is 26.8. The highest BCUT2D eigenvalue weighted by Gasteiger charge is 2.58. The summed E-state index contributed by atoms with van der Waals surface area (Å²) in [6, 6.07) is 30.9. The van der Waals surface area contributed by atoms with E-state index in [2.05, 4.69) is 70.3 Å². The minimum atomic E-state index is -2.12. The molecule has 1 aliphatic rings. The van der Waals surface area contributed by atoms with Gasteiger partial charge in [0.05, 0.1) is 10.9 Å². The predicted octanol–water partition coefficient (Wildman–Crippen LogP) is 5.99. The van der Waals surface area contributed by atoms with E-state index in [4.69, 9.17) is 4.43 Å².